The second kappa shape index (κ2) is 11.5. The molecule has 2 N–H and O–H groups in total. The SMILES string of the molecule is COC(=O)[C@H]1C[C@@H](Oc2ccccc2)CN1C(=O)C(C)(Cc1c[nH]c2ccccc12)NC(=O)OC1C2CC3CC(C2)CC1C3. The first kappa shape index (κ1) is 28.7. The van der Waals surface area contributed by atoms with Crippen LogP contribution in [-0.2, 0) is 25.5 Å². The molecule has 1 saturated heterocycles. The number of hydrogen-bond acceptors (Lipinski definition) is 6. The summed E-state index contributed by atoms with van der Waals surface area (Å²) in [6.07, 6.45) is 7.05. The number of rotatable bonds is 8. The van der Waals surface area contributed by atoms with Crippen LogP contribution in [0.5, 0.6) is 5.75 Å². The van der Waals surface area contributed by atoms with E-state index in [4.69, 9.17) is 14.2 Å². The van der Waals surface area contributed by atoms with Gasteiger partial charge >= 0.3 is 12.1 Å². The van der Waals surface area contributed by atoms with E-state index in [-0.39, 0.29) is 31.4 Å². The van der Waals surface area contributed by atoms with Gasteiger partial charge in [0, 0.05) is 29.9 Å². The number of ether oxygens (including phenoxy) is 3. The number of fused-ring (bicyclic) bond motifs is 1. The summed E-state index contributed by atoms with van der Waals surface area (Å²) in [5.74, 6) is 2.07. The van der Waals surface area contributed by atoms with Crippen molar-refractivity contribution < 1.29 is 28.6 Å². The van der Waals surface area contributed by atoms with Gasteiger partial charge in [0.15, 0.2) is 0 Å². The van der Waals surface area contributed by atoms with E-state index in [0.717, 1.165) is 54.0 Å². The summed E-state index contributed by atoms with van der Waals surface area (Å²) in [5, 5.41) is 3.99. The van der Waals surface area contributed by atoms with Crippen molar-refractivity contribution in [2.75, 3.05) is 13.7 Å². The van der Waals surface area contributed by atoms with Crippen LogP contribution in [0.3, 0.4) is 0 Å². The Morgan fingerprint density at radius 3 is 2.32 bits per heavy atom. The molecule has 0 radical (unpaired) electrons. The van der Waals surface area contributed by atoms with Crippen molar-refractivity contribution >= 4 is 28.9 Å². The average Bonchev–Trinajstić information content (AvgIpc) is 3.62. The highest BCUT2D eigenvalue weighted by Gasteiger charge is 2.52. The summed E-state index contributed by atoms with van der Waals surface area (Å²) < 4.78 is 17.5. The summed E-state index contributed by atoms with van der Waals surface area (Å²) in [5.41, 5.74) is 0.428. The van der Waals surface area contributed by atoms with Crippen LogP contribution in [0.2, 0.25) is 0 Å². The van der Waals surface area contributed by atoms with Crippen molar-refractivity contribution in [3.05, 3.63) is 66.4 Å². The van der Waals surface area contributed by atoms with Crippen LogP contribution in [0, 0.1) is 23.7 Å². The number of aromatic nitrogens is 1. The van der Waals surface area contributed by atoms with Crippen LogP contribution in [0.15, 0.2) is 60.8 Å². The number of methoxy groups -OCH3 is 1. The third kappa shape index (κ3) is 5.41. The smallest absolute Gasteiger partial charge is 0.408 e. The lowest BCUT2D eigenvalue weighted by Crippen LogP contribution is -2.62. The molecule has 2 heterocycles. The lowest BCUT2D eigenvalue weighted by Gasteiger charge is -2.53. The molecule has 1 aliphatic heterocycles. The number of aromatic amines is 1. The number of carbonyl (C=O) groups is 3. The van der Waals surface area contributed by atoms with E-state index in [1.807, 2.05) is 60.8 Å². The third-order valence-electron chi connectivity index (χ3n) is 10.5. The first-order valence-corrected chi connectivity index (χ1v) is 15.9. The fourth-order valence-corrected chi connectivity index (χ4v) is 8.75. The summed E-state index contributed by atoms with van der Waals surface area (Å²) >= 11 is 0. The maximum atomic E-state index is 14.6. The van der Waals surface area contributed by atoms with E-state index in [1.165, 1.54) is 18.4 Å². The Labute approximate surface area is 257 Å². The van der Waals surface area contributed by atoms with E-state index < -0.39 is 29.7 Å². The molecule has 44 heavy (non-hydrogen) atoms. The highest BCUT2D eigenvalue weighted by atomic mass is 16.6. The normalized spacial score (nSPS) is 30.1. The average molecular weight is 600 g/mol. The lowest BCUT2D eigenvalue weighted by molar-refractivity contribution is -0.153. The van der Waals surface area contributed by atoms with Gasteiger partial charge in [-0.05, 0) is 86.5 Å². The number of amides is 2. The molecular formula is C35H41N3O6. The summed E-state index contributed by atoms with van der Waals surface area (Å²) in [6.45, 7) is 1.91. The van der Waals surface area contributed by atoms with Gasteiger partial charge in [0.2, 0.25) is 5.91 Å². The second-order valence-electron chi connectivity index (χ2n) is 13.6. The molecular weight excluding hydrogens is 558 g/mol. The molecule has 5 aliphatic rings. The van der Waals surface area contributed by atoms with Gasteiger partial charge in [-0.1, -0.05) is 36.4 Å². The van der Waals surface area contributed by atoms with Gasteiger partial charge in [-0.3, -0.25) is 4.79 Å². The molecule has 3 aromatic rings. The molecule has 8 rings (SSSR count). The van der Waals surface area contributed by atoms with Gasteiger partial charge in [-0.25, -0.2) is 9.59 Å². The number of likely N-dealkylation sites (tertiary alicyclic amines) is 1. The van der Waals surface area contributed by atoms with Gasteiger partial charge in [-0.15, -0.1) is 0 Å². The topological polar surface area (TPSA) is 110 Å². The Bertz CT molecular complexity index is 1510. The zero-order valence-corrected chi connectivity index (χ0v) is 25.4. The Morgan fingerprint density at radius 1 is 0.932 bits per heavy atom. The van der Waals surface area contributed by atoms with Crippen molar-refractivity contribution in [2.24, 2.45) is 23.7 Å². The van der Waals surface area contributed by atoms with Crippen molar-refractivity contribution in [2.45, 2.75) is 75.7 Å². The van der Waals surface area contributed by atoms with Gasteiger partial charge in [-0.2, -0.15) is 0 Å². The molecule has 1 aromatic heterocycles. The van der Waals surface area contributed by atoms with E-state index in [0.29, 0.717) is 17.6 Å². The first-order valence-electron chi connectivity index (χ1n) is 15.9. The number of alkyl carbamates (subject to hydrolysis) is 1. The number of nitrogens with one attached hydrogen (secondary N) is 2. The highest BCUT2D eigenvalue weighted by molar-refractivity contribution is 5.94. The summed E-state index contributed by atoms with van der Waals surface area (Å²) in [6, 6.07) is 16.4. The van der Waals surface area contributed by atoms with Crippen molar-refractivity contribution in [1.29, 1.82) is 0 Å². The molecule has 9 nitrogen and oxygen atoms in total. The zero-order chi connectivity index (χ0) is 30.4. The molecule has 232 valence electrons. The second-order valence-corrected chi connectivity index (χ2v) is 13.6. The molecule has 3 atom stereocenters. The predicted octanol–water partition coefficient (Wildman–Crippen LogP) is 5.24. The molecule has 2 aromatic carbocycles. The number of para-hydroxylation sites is 2. The predicted molar refractivity (Wildman–Crippen MR) is 164 cm³/mol. The van der Waals surface area contributed by atoms with Crippen molar-refractivity contribution in [3.63, 3.8) is 0 Å². The Balaban J connectivity index is 1.15. The standard InChI is InChI=1S/C35H41N3O6/c1-35(18-25-19-36-29-11-7-6-10-28(25)29,37-34(41)44-31-23-13-21-12-22(15-23)16-24(31)14-21)33(40)38-20-27(17-30(38)32(39)42-2)43-26-8-4-3-5-9-26/h3-11,19,21-24,27,30-31,36H,12-18,20H2,1-2H3,(H,37,41)/t21?,22?,23?,24?,27-,30-,31?,35?/m1/s1. The minimum atomic E-state index is -1.40. The fraction of sp³-hybridized carbons (Fsp3) is 0.514. The molecule has 2 amide bonds. The molecule has 4 bridgehead atoms. The van der Waals surface area contributed by atoms with E-state index in [9.17, 15) is 14.4 Å². The number of nitrogens with zero attached hydrogens (tertiary/aromatic N) is 1. The number of H-pyrrole nitrogens is 1. The molecule has 0 spiro atoms. The first-order chi connectivity index (χ1) is 21.3. The fourth-order valence-electron chi connectivity index (χ4n) is 8.75. The van der Waals surface area contributed by atoms with E-state index >= 15 is 0 Å². The number of esters is 1. The van der Waals surface area contributed by atoms with Crippen molar-refractivity contribution in [1.82, 2.24) is 15.2 Å². The van der Waals surface area contributed by atoms with Crippen LogP contribution in [-0.4, -0.2) is 65.3 Å². The molecule has 4 aliphatic carbocycles. The Kier molecular flexibility index (Phi) is 7.50. The van der Waals surface area contributed by atoms with E-state index in [2.05, 4.69) is 10.3 Å². The Morgan fingerprint density at radius 2 is 1.61 bits per heavy atom. The molecule has 9 heteroatoms. The quantitative estimate of drug-likeness (QED) is 0.343. The molecule has 5 fully saturated rings. The minimum absolute atomic E-state index is 0.117. The number of carbonyl (C=O) groups excluding carboxylic acids is 3. The third-order valence-corrected chi connectivity index (χ3v) is 10.5. The monoisotopic (exact) mass is 599 g/mol. The van der Waals surface area contributed by atoms with Gasteiger partial charge < -0.3 is 29.4 Å². The molecule has 1 unspecified atom stereocenters. The minimum Gasteiger partial charge on any atom is -0.488 e. The summed E-state index contributed by atoms with van der Waals surface area (Å²) in [4.78, 5) is 46.1. The van der Waals surface area contributed by atoms with Crippen LogP contribution in [0.1, 0.15) is 51.0 Å². The van der Waals surface area contributed by atoms with Crippen LogP contribution < -0.4 is 10.1 Å². The van der Waals surface area contributed by atoms with Gasteiger partial charge in [0.1, 0.15) is 29.5 Å². The molecule has 4 saturated carbocycles. The maximum absolute atomic E-state index is 14.6. The summed E-state index contributed by atoms with van der Waals surface area (Å²) in [7, 11) is 1.32. The largest absolute Gasteiger partial charge is 0.488 e. The zero-order valence-electron chi connectivity index (χ0n) is 25.4. The lowest BCUT2D eigenvalue weighted by atomic mass is 9.55. The van der Waals surface area contributed by atoms with Crippen molar-refractivity contribution in [3.8, 4) is 5.75 Å². The maximum Gasteiger partial charge on any atom is 0.408 e. The highest BCUT2D eigenvalue weighted by Crippen LogP contribution is 2.54. The van der Waals surface area contributed by atoms with Crippen LogP contribution in [0.25, 0.3) is 10.9 Å². The van der Waals surface area contributed by atoms with Gasteiger partial charge in [0.05, 0.1) is 13.7 Å². The van der Waals surface area contributed by atoms with Crippen LogP contribution in [0.4, 0.5) is 4.79 Å². The van der Waals surface area contributed by atoms with E-state index in [1.54, 1.807) is 6.92 Å². The van der Waals surface area contributed by atoms with Gasteiger partial charge in [0.25, 0.3) is 0 Å². The number of benzene rings is 2. The number of hydrogen-bond donors (Lipinski definition) is 2. The van der Waals surface area contributed by atoms with Crippen LogP contribution >= 0.6 is 0 Å². The Hall–Kier alpha value is -4.01.